The zero-order chi connectivity index (χ0) is 17.2. The minimum Gasteiger partial charge on any atom is -0.473 e. The minimum atomic E-state index is 0.552. The van der Waals surface area contributed by atoms with Gasteiger partial charge in [-0.15, -0.1) is 0 Å². The Hall–Kier alpha value is -2.23. The first kappa shape index (κ1) is 16.2. The Morgan fingerprint density at radius 1 is 1.04 bits per heavy atom. The van der Waals surface area contributed by atoms with E-state index in [9.17, 15) is 0 Å². The fourth-order valence-corrected chi connectivity index (χ4v) is 3.65. The van der Waals surface area contributed by atoms with Crippen LogP contribution in [0.25, 0.3) is 5.57 Å². The molecule has 0 amide bonds. The van der Waals surface area contributed by atoms with Gasteiger partial charge < -0.3 is 4.74 Å². The minimum absolute atomic E-state index is 0.552. The first-order chi connectivity index (χ1) is 12.2. The molecule has 0 aliphatic heterocycles. The van der Waals surface area contributed by atoms with Gasteiger partial charge >= 0.3 is 0 Å². The molecule has 4 heteroatoms. The number of hydrogen-bond donors (Lipinski definition) is 0. The van der Waals surface area contributed by atoms with Crippen LogP contribution in [0.15, 0.2) is 30.1 Å². The molecule has 0 unspecified atom stereocenters. The summed E-state index contributed by atoms with van der Waals surface area (Å²) in [5.74, 6) is 2.12. The van der Waals surface area contributed by atoms with E-state index in [-0.39, 0.29) is 0 Å². The van der Waals surface area contributed by atoms with Crippen LogP contribution in [0.5, 0.6) is 5.88 Å². The predicted molar refractivity (Wildman–Crippen MR) is 98.6 cm³/mol. The highest BCUT2D eigenvalue weighted by atomic mass is 16.5. The molecule has 0 aromatic carbocycles. The maximum Gasteiger partial charge on any atom is 0.220 e. The molecule has 2 aromatic rings. The van der Waals surface area contributed by atoms with Crippen LogP contribution in [0.3, 0.4) is 0 Å². The molecular formula is C21H25N3O. The van der Waals surface area contributed by atoms with Crippen LogP contribution in [-0.4, -0.2) is 21.6 Å². The molecule has 2 heterocycles. The van der Waals surface area contributed by atoms with Crippen molar-refractivity contribution in [3.8, 4) is 5.88 Å². The van der Waals surface area contributed by atoms with Gasteiger partial charge in [-0.25, -0.2) is 4.98 Å². The SMILES string of the molecule is Cc1ccc(C2=C(COc3nc(C)ncc3C3CCCCC3)C2)nc1. The van der Waals surface area contributed by atoms with E-state index in [0.29, 0.717) is 12.5 Å². The van der Waals surface area contributed by atoms with Crippen molar-refractivity contribution in [3.05, 3.63) is 52.7 Å². The van der Waals surface area contributed by atoms with Crippen LogP contribution in [0.4, 0.5) is 0 Å². The van der Waals surface area contributed by atoms with Crippen molar-refractivity contribution in [3.63, 3.8) is 0 Å². The van der Waals surface area contributed by atoms with Gasteiger partial charge in [-0.05, 0) is 61.8 Å². The number of hydrogen-bond acceptors (Lipinski definition) is 4. The Morgan fingerprint density at radius 3 is 2.64 bits per heavy atom. The highest BCUT2D eigenvalue weighted by Gasteiger charge is 2.26. The first-order valence-corrected chi connectivity index (χ1v) is 9.31. The van der Waals surface area contributed by atoms with Gasteiger partial charge in [0.1, 0.15) is 12.4 Å². The summed E-state index contributed by atoms with van der Waals surface area (Å²) in [6.07, 6.45) is 11.3. The largest absolute Gasteiger partial charge is 0.473 e. The van der Waals surface area contributed by atoms with E-state index in [1.807, 2.05) is 19.3 Å². The van der Waals surface area contributed by atoms with E-state index in [1.165, 1.54) is 54.4 Å². The zero-order valence-corrected chi connectivity index (χ0v) is 15.1. The van der Waals surface area contributed by atoms with Gasteiger partial charge in [-0.2, -0.15) is 4.98 Å². The molecule has 4 nitrogen and oxygen atoms in total. The lowest BCUT2D eigenvalue weighted by atomic mass is 9.85. The summed E-state index contributed by atoms with van der Waals surface area (Å²) in [5, 5.41) is 0. The third-order valence-corrected chi connectivity index (χ3v) is 5.24. The summed E-state index contributed by atoms with van der Waals surface area (Å²) in [5.41, 5.74) is 6.13. The third kappa shape index (κ3) is 3.73. The molecule has 2 aliphatic carbocycles. The van der Waals surface area contributed by atoms with Crippen molar-refractivity contribution >= 4 is 5.57 Å². The second kappa shape index (κ2) is 6.95. The number of aryl methyl sites for hydroxylation is 2. The lowest BCUT2D eigenvalue weighted by Gasteiger charge is -2.23. The standard InChI is InChI=1S/C21H25N3O/c1-14-8-9-20(23-11-14)18-10-17(18)13-25-21-19(12-22-15(2)24-21)16-6-4-3-5-7-16/h8-9,11-12,16H,3-7,10,13H2,1-2H3. The van der Waals surface area contributed by atoms with Gasteiger partial charge in [0.25, 0.3) is 0 Å². The summed E-state index contributed by atoms with van der Waals surface area (Å²) in [6, 6.07) is 4.21. The number of nitrogens with zero attached hydrogens (tertiary/aromatic N) is 3. The maximum absolute atomic E-state index is 6.13. The van der Waals surface area contributed by atoms with Gasteiger partial charge in [0.2, 0.25) is 5.88 Å². The second-order valence-electron chi connectivity index (χ2n) is 7.28. The summed E-state index contributed by atoms with van der Waals surface area (Å²) in [7, 11) is 0. The number of ether oxygens (including phenoxy) is 1. The van der Waals surface area contributed by atoms with Crippen molar-refractivity contribution < 1.29 is 4.74 Å². The fraction of sp³-hybridized carbons (Fsp3) is 0.476. The molecular weight excluding hydrogens is 310 g/mol. The van der Waals surface area contributed by atoms with Gasteiger partial charge in [-0.3, -0.25) is 4.98 Å². The Morgan fingerprint density at radius 2 is 1.88 bits per heavy atom. The molecule has 1 fully saturated rings. The molecule has 25 heavy (non-hydrogen) atoms. The van der Waals surface area contributed by atoms with Crippen LogP contribution in [0, 0.1) is 13.8 Å². The van der Waals surface area contributed by atoms with Crippen LogP contribution in [0.2, 0.25) is 0 Å². The molecule has 0 spiro atoms. The molecule has 0 atom stereocenters. The molecule has 0 radical (unpaired) electrons. The van der Waals surface area contributed by atoms with E-state index in [1.54, 1.807) is 0 Å². The van der Waals surface area contributed by atoms with E-state index in [4.69, 9.17) is 4.74 Å². The molecule has 0 bridgehead atoms. The quantitative estimate of drug-likeness (QED) is 0.789. The smallest absolute Gasteiger partial charge is 0.220 e. The lowest BCUT2D eigenvalue weighted by Crippen LogP contribution is -2.10. The van der Waals surface area contributed by atoms with Crippen molar-refractivity contribution in [1.82, 2.24) is 15.0 Å². The van der Waals surface area contributed by atoms with Gasteiger partial charge in [-0.1, -0.05) is 25.3 Å². The maximum atomic E-state index is 6.13. The Balaban J connectivity index is 1.48. The van der Waals surface area contributed by atoms with E-state index in [2.05, 4.69) is 34.0 Å². The zero-order valence-electron chi connectivity index (χ0n) is 15.1. The van der Waals surface area contributed by atoms with Crippen LogP contribution in [-0.2, 0) is 0 Å². The van der Waals surface area contributed by atoms with E-state index >= 15 is 0 Å². The molecule has 0 saturated heterocycles. The second-order valence-corrected chi connectivity index (χ2v) is 7.28. The molecule has 2 aliphatic rings. The third-order valence-electron chi connectivity index (χ3n) is 5.24. The molecule has 0 N–H and O–H groups in total. The molecule has 2 aromatic heterocycles. The van der Waals surface area contributed by atoms with E-state index in [0.717, 1.165) is 23.8 Å². The van der Waals surface area contributed by atoms with Crippen molar-refractivity contribution in [2.45, 2.75) is 58.3 Å². The summed E-state index contributed by atoms with van der Waals surface area (Å²) < 4.78 is 6.13. The summed E-state index contributed by atoms with van der Waals surface area (Å²) in [6.45, 7) is 4.60. The normalized spacial score (nSPS) is 17.7. The number of allylic oxidation sites excluding steroid dienone is 1. The average molecular weight is 335 g/mol. The summed E-state index contributed by atoms with van der Waals surface area (Å²) in [4.78, 5) is 13.5. The number of pyridine rings is 1. The average Bonchev–Trinajstić information content (AvgIpc) is 3.41. The molecule has 1 saturated carbocycles. The predicted octanol–water partition coefficient (Wildman–Crippen LogP) is 4.77. The molecule has 4 rings (SSSR count). The van der Waals surface area contributed by atoms with Crippen molar-refractivity contribution in [2.24, 2.45) is 0 Å². The van der Waals surface area contributed by atoms with Gasteiger partial charge in [0, 0.05) is 18.0 Å². The lowest BCUT2D eigenvalue weighted by molar-refractivity contribution is 0.326. The highest BCUT2D eigenvalue weighted by molar-refractivity contribution is 5.81. The summed E-state index contributed by atoms with van der Waals surface area (Å²) >= 11 is 0. The Labute approximate surface area is 149 Å². The topological polar surface area (TPSA) is 47.9 Å². The molecule has 130 valence electrons. The van der Waals surface area contributed by atoms with Crippen LogP contribution in [0.1, 0.15) is 67.1 Å². The van der Waals surface area contributed by atoms with E-state index < -0.39 is 0 Å². The number of rotatable bonds is 5. The van der Waals surface area contributed by atoms with Gasteiger partial charge in [0.05, 0.1) is 5.69 Å². The van der Waals surface area contributed by atoms with Gasteiger partial charge in [0.15, 0.2) is 0 Å². The fourth-order valence-electron chi connectivity index (χ4n) is 3.65. The highest BCUT2D eigenvalue weighted by Crippen LogP contribution is 2.40. The first-order valence-electron chi connectivity index (χ1n) is 9.31. The number of aromatic nitrogens is 3. The Kier molecular flexibility index (Phi) is 4.51. The monoisotopic (exact) mass is 335 g/mol. The van der Waals surface area contributed by atoms with Crippen LogP contribution >= 0.6 is 0 Å². The van der Waals surface area contributed by atoms with Crippen molar-refractivity contribution in [2.75, 3.05) is 6.61 Å². The van der Waals surface area contributed by atoms with Crippen molar-refractivity contribution in [1.29, 1.82) is 0 Å². The van der Waals surface area contributed by atoms with Crippen LogP contribution < -0.4 is 4.74 Å². The Bertz CT molecular complexity index is 789.